The van der Waals surface area contributed by atoms with Gasteiger partial charge in [-0.3, -0.25) is 13.5 Å². The Morgan fingerprint density at radius 2 is 2.16 bits per heavy atom. The summed E-state index contributed by atoms with van der Waals surface area (Å²) in [4.78, 5) is 23.5. The number of carbonyl (C=O) groups excluding carboxylic acids is 1. The Labute approximate surface area is 116 Å². The molecule has 0 fully saturated rings. The molecule has 1 aromatic carbocycles. The number of rotatable bonds is 6. The van der Waals surface area contributed by atoms with Crippen molar-refractivity contribution >= 4 is 27.5 Å². The van der Waals surface area contributed by atoms with Gasteiger partial charge in [-0.05, 0) is 25.0 Å². The second-order valence-corrected chi connectivity index (χ2v) is 5.51. The Morgan fingerprint density at radius 1 is 1.37 bits per heavy atom. The minimum Gasteiger partial charge on any atom is -0.356 e. The number of carbonyl (C=O) groups is 1. The molecule has 0 atom stereocenters. The van der Waals surface area contributed by atoms with Gasteiger partial charge in [0.1, 0.15) is 0 Å². The summed E-state index contributed by atoms with van der Waals surface area (Å²) in [6.07, 6.45) is 2.12. The van der Waals surface area contributed by atoms with E-state index >= 15 is 0 Å². The van der Waals surface area contributed by atoms with Crippen LogP contribution in [-0.4, -0.2) is 16.4 Å². The zero-order valence-corrected chi connectivity index (χ0v) is 11.8. The molecule has 2 rings (SSSR count). The minimum absolute atomic E-state index is 0.0505. The van der Waals surface area contributed by atoms with Gasteiger partial charge in [-0.15, -0.1) is 0 Å². The first kappa shape index (κ1) is 13.8. The van der Waals surface area contributed by atoms with Gasteiger partial charge in [0.05, 0.1) is 10.1 Å². The molecule has 4 nitrogen and oxygen atoms in total. The fourth-order valence-corrected chi connectivity index (χ4v) is 2.93. The van der Waals surface area contributed by atoms with Crippen LogP contribution < -0.4 is 10.9 Å². The van der Waals surface area contributed by atoms with Crippen LogP contribution in [0.5, 0.6) is 0 Å². The van der Waals surface area contributed by atoms with Crippen LogP contribution in [0.4, 0.5) is 0 Å². The molecule has 0 saturated carbocycles. The number of hydrogen-bond acceptors (Lipinski definition) is 3. The van der Waals surface area contributed by atoms with E-state index in [-0.39, 0.29) is 11.5 Å². The maximum atomic E-state index is 12.0. The molecule has 0 aliphatic rings. The molecule has 102 valence electrons. The number of benzene rings is 1. The van der Waals surface area contributed by atoms with Crippen molar-refractivity contribution in [1.82, 2.24) is 9.27 Å². The predicted molar refractivity (Wildman–Crippen MR) is 78.6 cm³/mol. The van der Waals surface area contributed by atoms with Gasteiger partial charge in [0.15, 0.2) is 0 Å². The average Bonchev–Trinajstić information content (AvgIpc) is 2.74. The molecule has 1 heterocycles. The van der Waals surface area contributed by atoms with E-state index in [1.807, 2.05) is 31.2 Å². The van der Waals surface area contributed by atoms with Crippen LogP contribution >= 0.6 is 11.5 Å². The van der Waals surface area contributed by atoms with Crippen molar-refractivity contribution in [2.24, 2.45) is 0 Å². The van der Waals surface area contributed by atoms with Gasteiger partial charge < -0.3 is 5.32 Å². The molecule has 0 aliphatic heterocycles. The van der Waals surface area contributed by atoms with Crippen molar-refractivity contribution in [2.45, 2.75) is 32.7 Å². The normalized spacial score (nSPS) is 10.8. The Morgan fingerprint density at radius 3 is 2.89 bits per heavy atom. The monoisotopic (exact) mass is 278 g/mol. The van der Waals surface area contributed by atoms with Crippen molar-refractivity contribution in [3.63, 3.8) is 0 Å². The maximum absolute atomic E-state index is 12.0. The second kappa shape index (κ2) is 6.52. The van der Waals surface area contributed by atoms with Crippen molar-refractivity contribution in [2.75, 3.05) is 6.54 Å². The number of amides is 1. The van der Waals surface area contributed by atoms with Crippen LogP contribution in [-0.2, 0) is 11.3 Å². The van der Waals surface area contributed by atoms with Gasteiger partial charge in [-0.25, -0.2) is 0 Å². The van der Waals surface area contributed by atoms with Crippen molar-refractivity contribution in [3.8, 4) is 0 Å². The smallest absolute Gasteiger partial charge is 0.268 e. The molecule has 0 bridgehead atoms. The second-order valence-electron chi connectivity index (χ2n) is 4.45. The number of fused-ring (bicyclic) bond motifs is 1. The Bertz CT molecular complexity index is 615. The van der Waals surface area contributed by atoms with Gasteiger partial charge in [0, 0.05) is 19.5 Å². The van der Waals surface area contributed by atoms with E-state index in [1.54, 1.807) is 3.96 Å². The third kappa shape index (κ3) is 3.44. The third-order valence-electron chi connectivity index (χ3n) is 2.89. The summed E-state index contributed by atoms with van der Waals surface area (Å²) in [5.41, 5.74) is 0.0505. The fraction of sp³-hybridized carbons (Fsp3) is 0.429. The molecule has 1 N–H and O–H groups in total. The Kier molecular flexibility index (Phi) is 4.74. The van der Waals surface area contributed by atoms with Gasteiger partial charge in [0.2, 0.25) is 5.91 Å². The van der Waals surface area contributed by atoms with Crippen LogP contribution in [0.3, 0.4) is 0 Å². The number of hydrogen-bond donors (Lipinski definition) is 1. The zero-order chi connectivity index (χ0) is 13.7. The molecule has 1 aromatic heterocycles. The van der Waals surface area contributed by atoms with Crippen LogP contribution in [0, 0.1) is 0 Å². The van der Waals surface area contributed by atoms with Gasteiger partial charge >= 0.3 is 0 Å². The van der Waals surface area contributed by atoms with Gasteiger partial charge in [0.25, 0.3) is 5.56 Å². The predicted octanol–water partition coefficient (Wildman–Crippen LogP) is 2.37. The van der Waals surface area contributed by atoms with Crippen LogP contribution in [0.25, 0.3) is 10.1 Å². The van der Waals surface area contributed by atoms with Crippen LogP contribution in [0.2, 0.25) is 0 Å². The Hall–Kier alpha value is -1.62. The first-order chi connectivity index (χ1) is 9.22. The first-order valence-corrected chi connectivity index (χ1v) is 7.35. The molecular weight excluding hydrogens is 260 g/mol. The van der Waals surface area contributed by atoms with E-state index in [0.717, 1.165) is 23.1 Å². The van der Waals surface area contributed by atoms with E-state index in [4.69, 9.17) is 0 Å². The number of nitrogens with one attached hydrogen (secondary N) is 1. The summed E-state index contributed by atoms with van der Waals surface area (Å²) in [6.45, 7) is 3.36. The summed E-state index contributed by atoms with van der Waals surface area (Å²) >= 11 is 1.47. The molecule has 0 spiro atoms. The molecule has 0 unspecified atom stereocenters. The topological polar surface area (TPSA) is 51.1 Å². The first-order valence-electron chi connectivity index (χ1n) is 6.58. The number of aryl methyl sites for hydroxylation is 1. The van der Waals surface area contributed by atoms with E-state index in [1.165, 1.54) is 11.5 Å². The molecular formula is C14H18N2O2S. The molecule has 19 heavy (non-hydrogen) atoms. The van der Waals surface area contributed by atoms with Gasteiger partial charge in [-0.2, -0.15) is 0 Å². The lowest BCUT2D eigenvalue weighted by molar-refractivity contribution is -0.121. The Balaban J connectivity index is 1.93. The summed E-state index contributed by atoms with van der Waals surface area (Å²) in [5, 5.41) is 3.60. The highest BCUT2D eigenvalue weighted by atomic mass is 32.1. The van der Waals surface area contributed by atoms with E-state index < -0.39 is 0 Å². The quantitative estimate of drug-likeness (QED) is 0.882. The SMILES string of the molecule is CCCNC(=O)CCCn1sc2ccccc2c1=O. The van der Waals surface area contributed by atoms with E-state index in [9.17, 15) is 9.59 Å². The average molecular weight is 278 g/mol. The molecule has 1 amide bonds. The summed E-state index contributed by atoms with van der Waals surface area (Å²) in [6, 6.07) is 7.60. The van der Waals surface area contributed by atoms with Crippen LogP contribution in [0.15, 0.2) is 29.1 Å². The van der Waals surface area contributed by atoms with E-state index in [0.29, 0.717) is 19.4 Å². The molecule has 0 aliphatic carbocycles. The van der Waals surface area contributed by atoms with Crippen molar-refractivity contribution < 1.29 is 4.79 Å². The highest BCUT2D eigenvalue weighted by Gasteiger charge is 2.07. The van der Waals surface area contributed by atoms with Crippen molar-refractivity contribution in [3.05, 3.63) is 34.6 Å². The minimum atomic E-state index is 0.0505. The standard InChI is InChI=1S/C14H18N2O2S/c1-2-9-15-13(17)8-5-10-16-14(18)11-6-3-4-7-12(11)19-16/h3-4,6-7H,2,5,8-10H2,1H3,(H,15,17). The lowest BCUT2D eigenvalue weighted by Gasteiger charge is -2.03. The van der Waals surface area contributed by atoms with Crippen molar-refractivity contribution in [1.29, 1.82) is 0 Å². The lowest BCUT2D eigenvalue weighted by atomic mass is 10.2. The highest BCUT2D eigenvalue weighted by molar-refractivity contribution is 7.13. The van der Waals surface area contributed by atoms with E-state index in [2.05, 4.69) is 5.32 Å². The lowest BCUT2D eigenvalue weighted by Crippen LogP contribution is -2.24. The molecule has 5 heteroatoms. The fourth-order valence-electron chi connectivity index (χ4n) is 1.90. The van der Waals surface area contributed by atoms with Gasteiger partial charge in [-0.1, -0.05) is 30.6 Å². The summed E-state index contributed by atoms with van der Waals surface area (Å²) in [7, 11) is 0. The largest absolute Gasteiger partial charge is 0.356 e. The summed E-state index contributed by atoms with van der Waals surface area (Å²) < 4.78 is 2.74. The summed E-state index contributed by atoms with van der Waals surface area (Å²) in [5.74, 6) is 0.0658. The molecule has 0 saturated heterocycles. The number of aromatic nitrogens is 1. The third-order valence-corrected chi connectivity index (χ3v) is 4.01. The zero-order valence-electron chi connectivity index (χ0n) is 11.0. The molecule has 2 aromatic rings. The van der Waals surface area contributed by atoms with Crippen LogP contribution in [0.1, 0.15) is 26.2 Å². The highest BCUT2D eigenvalue weighted by Crippen LogP contribution is 2.16. The number of nitrogens with zero attached hydrogens (tertiary/aromatic N) is 1. The molecule has 0 radical (unpaired) electrons. The maximum Gasteiger partial charge on any atom is 0.268 e.